The Morgan fingerprint density at radius 1 is 0.909 bits per heavy atom. The average molecular weight is 459 g/mol. The van der Waals surface area contributed by atoms with Crippen LogP contribution in [0.3, 0.4) is 0 Å². The Morgan fingerprint density at radius 2 is 1.64 bits per heavy atom. The molecule has 0 unspecified atom stereocenters. The summed E-state index contributed by atoms with van der Waals surface area (Å²) in [6, 6.07) is 14.6. The van der Waals surface area contributed by atoms with Crippen LogP contribution in [0, 0.1) is 0 Å². The van der Waals surface area contributed by atoms with Gasteiger partial charge in [0.05, 0.1) is 12.3 Å². The summed E-state index contributed by atoms with van der Waals surface area (Å²) in [5, 5.41) is 5.78. The van der Waals surface area contributed by atoms with Gasteiger partial charge >= 0.3 is 6.18 Å². The van der Waals surface area contributed by atoms with Gasteiger partial charge < -0.3 is 15.4 Å². The third-order valence-corrected chi connectivity index (χ3v) is 5.02. The Kier molecular flexibility index (Phi) is 8.52. The van der Waals surface area contributed by atoms with Gasteiger partial charge in [-0.15, -0.1) is 0 Å². The average Bonchev–Trinajstić information content (AvgIpc) is 2.79. The SMILES string of the molecule is CCCCOc1ccccc1Nc1nc(Nc2ccc(CCCC)cc2)ncc1C(F)(F)F. The highest BCUT2D eigenvalue weighted by atomic mass is 19.4. The first-order chi connectivity index (χ1) is 15.9. The molecule has 8 heteroatoms. The van der Waals surface area contributed by atoms with E-state index in [0.29, 0.717) is 23.7 Å². The van der Waals surface area contributed by atoms with E-state index >= 15 is 0 Å². The van der Waals surface area contributed by atoms with Crippen LogP contribution in [0.15, 0.2) is 54.7 Å². The van der Waals surface area contributed by atoms with Crippen molar-refractivity contribution in [1.29, 1.82) is 0 Å². The Bertz CT molecular complexity index is 1020. The lowest BCUT2D eigenvalue weighted by Gasteiger charge is -2.17. The summed E-state index contributed by atoms with van der Waals surface area (Å²) in [7, 11) is 0. The second-order valence-corrected chi connectivity index (χ2v) is 7.70. The van der Waals surface area contributed by atoms with Gasteiger partial charge in [0.15, 0.2) is 0 Å². The normalized spacial score (nSPS) is 11.3. The van der Waals surface area contributed by atoms with Gasteiger partial charge in [-0.3, -0.25) is 0 Å². The molecule has 0 aliphatic heterocycles. The number of benzene rings is 2. The molecule has 0 fully saturated rings. The maximum Gasteiger partial charge on any atom is 0.421 e. The van der Waals surface area contributed by atoms with Crippen LogP contribution < -0.4 is 15.4 Å². The second kappa shape index (κ2) is 11.5. The van der Waals surface area contributed by atoms with Gasteiger partial charge in [0.25, 0.3) is 0 Å². The largest absolute Gasteiger partial charge is 0.491 e. The lowest BCUT2D eigenvalue weighted by atomic mass is 10.1. The van der Waals surface area contributed by atoms with E-state index in [9.17, 15) is 13.2 Å². The highest BCUT2D eigenvalue weighted by Crippen LogP contribution is 2.37. The van der Waals surface area contributed by atoms with Gasteiger partial charge in [0.1, 0.15) is 17.1 Å². The monoisotopic (exact) mass is 458 g/mol. The van der Waals surface area contributed by atoms with E-state index in [1.807, 2.05) is 31.2 Å². The summed E-state index contributed by atoms with van der Waals surface area (Å²) >= 11 is 0. The zero-order chi connectivity index (χ0) is 23.7. The van der Waals surface area contributed by atoms with E-state index in [1.165, 1.54) is 5.56 Å². The van der Waals surface area contributed by atoms with Crippen molar-refractivity contribution in [3.63, 3.8) is 0 Å². The first-order valence-corrected chi connectivity index (χ1v) is 11.2. The Morgan fingerprint density at radius 3 is 2.33 bits per heavy atom. The predicted octanol–water partition coefficient (Wildman–Crippen LogP) is 7.50. The number of ether oxygens (including phenoxy) is 1. The first-order valence-electron chi connectivity index (χ1n) is 11.2. The van der Waals surface area contributed by atoms with Crippen molar-refractivity contribution >= 4 is 23.1 Å². The third-order valence-electron chi connectivity index (χ3n) is 5.02. The number of unbranched alkanes of at least 4 members (excludes halogenated alkanes) is 2. The summed E-state index contributed by atoms with van der Waals surface area (Å²) in [4.78, 5) is 8.01. The van der Waals surface area contributed by atoms with Crippen LogP contribution in [0.5, 0.6) is 5.75 Å². The summed E-state index contributed by atoms with van der Waals surface area (Å²) < 4.78 is 46.6. The molecule has 0 bridgehead atoms. The number of aryl methyl sites for hydroxylation is 1. The minimum absolute atomic E-state index is 0.0659. The third kappa shape index (κ3) is 7.10. The van der Waals surface area contributed by atoms with Gasteiger partial charge in [-0.2, -0.15) is 18.2 Å². The molecule has 0 aliphatic carbocycles. The topological polar surface area (TPSA) is 59.1 Å². The number of halogens is 3. The van der Waals surface area contributed by atoms with Crippen molar-refractivity contribution < 1.29 is 17.9 Å². The van der Waals surface area contributed by atoms with E-state index in [4.69, 9.17) is 4.74 Å². The molecule has 0 saturated heterocycles. The number of nitrogens with one attached hydrogen (secondary N) is 2. The second-order valence-electron chi connectivity index (χ2n) is 7.70. The van der Waals surface area contributed by atoms with Crippen molar-refractivity contribution in [2.75, 3.05) is 17.2 Å². The lowest BCUT2D eigenvalue weighted by molar-refractivity contribution is -0.137. The maximum atomic E-state index is 13.6. The number of nitrogens with zero attached hydrogens (tertiary/aromatic N) is 2. The first kappa shape index (κ1) is 24.4. The molecule has 2 N–H and O–H groups in total. The lowest BCUT2D eigenvalue weighted by Crippen LogP contribution is -2.13. The van der Waals surface area contributed by atoms with E-state index in [1.54, 1.807) is 24.3 Å². The fourth-order valence-corrected chi connectivity index (χ4v) is 3.16. The number of rotatable bonds is 11. The van der Waals surface area contributed by atoms with Crippen molar-refractivity contribution in [2.45, 2.75) is 52.1 Å². The smallest absolute Gasteiger partial charge is 0.421 e. The molecule has 5 nitrogen and oxygen atoms in total. The highest BCUT2D eigenvalue weighted by Gasteiger charge is 2.35. The summed E-state index contributed by atoms with van der Waals surface area (Å²) in [6.07, 6.45) is 1.18. The van der Waals surface area contributed by atoms with Crippen molar-refractivity contribution in [3.8, 4) is 5.75 Å². The summed E-state index contributed by atoms with van der Waals surface area (Å²) in [5.74, 6) is 0.192. The highest BCUT2D eigenvalue weighted by molar-refractivity contribution is 5.67. The minimum Gasteiger partial charge on any atom is -0.491 e. The Labute approximate surface area is 192 Å². The van der Waals surface area contributed by atoms with Gasteiger partial charge in [0, 0.05) is 11.9 Å². The van der Waals surface area contributed by atoms with Crippen LogP contribution in [0.4, 0.5) is 36.3 Å². The molecule has 2 aromatic carbocycles. The van der Waals surface area contributed by atoms with Crippen molar-refractivity contribution in [2.24, 2.45) is 0 Å². The number of alkyl halides is 3. The summed E-state index contributed by atoms with van der Waals surface area (Å²) in [6.45, 7) is 4.66. The Balaban J connectivity index is 1.84. The Hall–Kier alpha value is -3.29. The van der Waals surface area contributed by atoms with Crippen LogP contribution in [0.2, 0.25) is 0 Å². The summed E-state index contributed by atoms with van der Waals surface area (Å²) in [5.41, 5.74) is 1.36. The molecule has 0 atom stereocenters. The van der Waals surface area contributed by atoms with Crippen LogP contribution in [0.1, 0.15) is 50.7 Å². The number of hydrogen-bond donors (Lipinski definition) is 2. The van der Waals surface area contributed by atoms with E-state index in [0.717, 1.165) is 38.3 Å². The zero-order valence-corrected chi connectivity index (χ0v) is 18.9. The van der Waals surface area contributed by atoms with E-state index in [2.05, 4.69) is 27.5 Å². The predicted molar refractivity (Wildman–Crippen MR) is 125 cm³/mol. The quantitative estimate of drug-likeness (QED) is 0.291. The fraction of sp³-hybridized carbons (Fsp3) is 0.360. The van der Waals surface area contributed by atoms with Gasteiger partial charge in [-0.1, -0.05) is 51.0 Å². The number of hydrogen-bond acceptors (Lipinski definition) is 5. The van der Waals surface area contributed by atoms with Crippen LogP contribution in [-0.2, 0) is 12.6 Å². The molecule has 33 heavy (non-hydrogen) atoms. The van der Waals surface area contributed by atoms with Crippen molar-refractivity contribution in [3.05, 3.63) is 65.9 Å². The zero-order valence-electron chi connectivity index (χ0n) is 18.9. The van der Waals surface area contributed by atoms with E-state index < -0.39 is 11.7 Å². The molecular weight excluding hydrogens is 429 g/mol. The molecule has 0 spiro atoms. The number of para-hydroxylation sites is 2. The molecule has 0 saturated carbocycles. The molecule has 1 heterocycles. The van der Waals surface area contributed by atoms with Gasteiger partial charge in [-0.05, 0) is 49.1 Å². The number of aromatic nitrogens is 2. The molecule has 0 aliphatic rings. The fourth-order valence-electron chi connectivity index (χ4n) is 3.16. The van der Waals surface area contributed by atoms with Crippen LogP contribution >= 0.6 is 0 Å². The molecule has 176 valence electrons. The van der Waals surface area contributed by atoms with Crippen LogP contribution in [0.25, 0.3) is 0 Å². The van der Waals surface area contributed by atoms with Crippen molar-refractivity contribution in [1.82, 2.24) is 9.97 Å². The van der Waals surface area contributed by atoms with Gasteiger partial charge in [0.2, 0.25) is 5.95 Å². The number of anilines is 4. The van der Waals surface area contributed by atoms with Gasteiger partial charge in [-0.25, -0.2) is 4.98 Å². The molecule has 0 amide bonds. The molecule has 3 rings (SSSR count). The molecule has 3 aromatic rings. The maximum absolute atomic E-state index is 13.6. The molecular formula is C25H29F3N4O. The molecule has 1 aromatic heterocycles. The molecule has 0 radical (unpaired) electrons. The standard InChI is InChI=1S/C25H29F3N4O/c1-3-5-9-18-12-14-19(15-13-18)30-24-29-17-20(25(26,27)28)23(32-24)31-21-10-7-8-11-22(21)33-16-6-4-2/h7-8,10-15,17H,3-6,9,16H2,1-2H3,(H2,29,30,31,32). The van der Waals surface area contributed by atoms with E-state index in [-0.39, 0.29) is 11.8 Å². The van der Waals surface area contributed by atoms with Crippen LogP contribution in [-0.4, -0.2) is 16.6 Å². The minimum atomic E-state index is -4.61.